The average molecular weight is 361 g/mol. The van der Waals surface area contributed by atoms with Gasteiger partial charge in [-0.2, -0.15) is 13.2 Å². The third-order valence-corrected chi connectivity index (χ3v) is 3.48. The van der Waals surface area contributed by atoms with E-state index in [2.05, 4.69) is 16.8 Å². The van der Waals surface area contributed by atoms with Crippen molar-refractivity contribution >= 4 is 5.91 Å². The van der Waals surface area contributed by atoms with Crippen molar-refractivity contribution < 1.29 is 27.8 Å². The van der Waals surface area contributed by atoms with Crippen LogP contribution in [0.4, 0.5) is 13.2 Å². The first kappa shape index (κ1) is 18.8. The molecule has 1 fully saturated rings. The second-order valence-electron chi connectivity index (χ2n) is 5.31. The largest absolute Gasteiger partial charge is 0.471 e. The van der Waals surface area contributed by atoms with Gasteiger partial charge in [0, 0.05) is 6.42 Å². The number of nitrogens with one attached hydrogen (secondary N) is 3. The molecule has 0 saturated carbocycles. The Labute approximate surface area is 138 Å². The molecule has 8 nitrogen and oxygen atoms in total. The summed E-state index contributed by atoms with van der Waals surface area (Å²) in [4.78, 5) is 38.3. The molecule has 2 heterocycles. The Morgan fingerprint density at radius 2 is 2.08 bits per heavy atom. The van der Waals surface area contributed by atoms with Crippen LogP contribution in [0, 0.1) is 11.8 Å². The predicted molar refractivity (Wildman–Crippen MR) is 77.5 cm³/mol. The van der Waals surface area contributed by atoms with Gasteiger partial charge < -0.3 is 20.1 Å². The highest BCUT2D eigenvalue weighted by Gasteiger charge is 2.38. The fraction of sp³-hybridized carbons (Fsp3) is 0.500. The Morgan fingerprint density at radius 3 is 2.64 bits per heavy atom. The van der Waals surface area contributed by atoms with Gasteiger partial charge in [-0.15, -0.1) is 0 Å². The molecule has 0 spiro atoms. The van der Waals surface area contributed by atoms with Crippen molar-refractivity contribution in [2.24, 2.45) is 0 Å². The van der Waals surface area contributed by atoms with Crippen LogP contribution in [0.3, 0.4) is 0 Å². The van der Waals surface area contributed by atoms with E-state index in [1.165, 1.54) is 5.32 Å². The van der Waals surface area contributed by atoms with Gasteiger partial charge in [0.25, 0.3) is 5.56 Å². The Morgan fingerprint density at radius 1 is 1.40 bits per heavy atom. The molecule has 1 saturated heterocycles. The lowest BCUT2D eigenvalue weighted by Gasteiger charge is -2.11. The van der Waals surface area contributed by atoms with Gasteiger partial charge in [0.15, 0.2) is 0 Å². The third-order valence-electron chi connectivity index (χ3n) is 3.48. The van der Waals surface area contributed by atoms with Crippen LogP contribution in [0.5, 0.6) is 0 Å². The number of rotatable bonds is 2. The fourth-order valence-electron chi connectivity index (χ4n) is 2.23. The van der Waals surface area contributed by atoms with Crippen LogP contribution in [0.15, 0.2) is 9.59 Å². The number of hydrogen-bond donors (Lipinski definition) is 4. The minimum Gasteiger partial charge on any atom is -0.390 e. The zero-order valence-corrected chi connectivity index (χ0v) is 12.9. The van der Waals surface area contributed by atoms with Crippen molar-refractivity contribution in [2.45, 2.75) is 37.8 Å². The van der Waals surface area contributed by atoms with Crippen molar-refractivity contribution in [1.82, 2.24) is 15.3 Å². The van der Waals surface area contributed by atoms with Gasteiger partial charge in [-0.1, -0.05) is 11.8 Å². The number of aromatic amines is 2. The minimum absolute atomic E-state index is 0.0202. The summed E-state index contributed by atoms with van der Waals surface area (Å²) in [7, 11) is 0. The molecule has 1 amide bonds. The smallest absolute Gasteiger partial charge is 0.390 e. The number of ether oxygens (including phenoxy) is 1. The Balaban J connectivity index is 2.24. The summed E-state index contributed by atoms with van der Waals surface area (Å²) in [5, 5.41) is 11.3. The van der Waals surface area contributed by atoms with Crippen LogP contribution < -0.4 is 16.6 Å². The van der Waals surface area contributed by atoms with Crippen molar-refractivity contribution in [1.29, 1.82) is 0 Å². The van der Waals surface area contributed by atoms with E-state index in [0.717, 1.165) is 0 Å². The second kappa shape index (κ2) is 7.12. The first-order valence-electron chi connectivity index (χ1n) is 7.13. The number of carbonyl (C=O) groups excluding carboxylic acids is 1. The van der Waals surface area contributed by atoms with Gasteiger partial charge in [-0.25, -0.2) is 4.79 Å². The quantitative estimate of drug-likeness (QED) is 0.519. The molecule has 1 aromatic heterocycles. The number of aliphatic hydroxyl groups is 1. The van der Waals surface area contributed by atoms with Crippen molar-refractivity contribution in [3.8, 4) is 11.8 Å². The molecule has 3 atom stereocenters. The summed E-state index contributed by atoms with van der Waals surface area (Å²) in [5.41, 5.74) is -1.86. The number of H-pyrrole nitrogens is 2. The Bertz CT molecular complexity index is 823. The SMILES string of the molecule is CC1OC(c2[nH]c(=O)[nH]c(=O)c2C#CCNC(=O)C(F)(F)F)CC1O. The van der Waals surface area contributed by atoms with Crippen LogP contribution in [-0.2, 0) is 9.53 Å². The van der Waals surface area contributed by atoms with E-state index in [0.29, 0.717) is 0 Å². The first-order chi connectivity index (χ1) is 11.6. The van der Waals surface area contributed by atoms with E-state index in [-0.39, 0.29) is 17.7 Å². The summed E-state index contributed by atoms with van der Waals surface area (Å²) in [5.74, 6) is 2.36. The molecular formula is C14H14F3N3O5. The van der Waals surface area contributed by atoms with E-state index < -0.39 is 48.2 Å². The van der Waals surface area contributed by atoms with Crippen LogP contribution in [0.1, 0.15) is 30.7 Å². The standard InChI is InChI=1S/C14H14F3N3O5/c1-6-8(21)5-9(25-6)10-7(11(22)20-13(24)19-10)3-2-4-18-12(23)14(15,16)17/h6,8-9,21H,4-5H2,1H3,(H,18,23)(H2,19,20,22,24). The lowest BCUT2D eigenvalue weighted by Crippen LogP contribution is -2.36. The van der Waals surface area contributed by atoms with Crippen LogP contribution >= 0.6 is 0 Å². The number of hydrogen-bond acceptors (Lipinski definition) is 5. The van der Waals surface area contributed by atoms with Gasteiger partial charge in [0.1, 0.15) is 11.7 Å². The summed E-state index contributed by atoms with van der Waals surface area (Å²) in [6.45, 7) is 0.953. The highest BCUT2D eigenvalue weighted by molar-refractivity contribution is 5.81. The normalized spacial score (nSPS) is 23.0. The van der Waals surface area contributed by atoms with Crippen molar-refractivity contribution in [2.75, 3.05) is 6.54 Å². The molecule has 25 heavy (non-hydrogen) atoms. The number of halogens is 3. The molecule has 0 radical (unpaired) electrons. The topological polar surface area (TPSA) is 124 Å². The van der Waals surface area contributed by atoms with E-state index in [1.54, 1.807) is 6.92 Å². The average Bonchev–Trinajstić information content (AvgIpc) is 2.83. The first-order valence-corrected chi connectivity index (χ1v) is 7.13. The van der Waals surface area contributed by atoms with Crippen LogP contribution in [-0.4, -0.2) is 45.9 Å². The summed E-state index contributed by atoms with van der Waals surface area (Å²) in [6, 6.07) is 0. The molecule has 4 N–H and O–H groups in total. The van der Waals surface area contributed by atoms with E-state index in [9.17, 15) is 32.7 Å². The molecule has 1 aliphatic heterocycles. The van der Waals surface area contributed by atoms with Gasteiger partial charge in [-0.05, 0) is 6.92 Å². The number of carbonyl (C=O) groups is 1. The molecule has 0 aromatic carbocycles. The molecule has 1 aliphatic rings. The van der Waals surface area contributed by atoms with E-state index in [4.69, 9.17) is 4.74 Å². The molecule has 1 aromatic rings. The fourth-order valence-corrected chi connectivity index (χ4v) is 2.23. The zero-order valence-electron chi connectivity index (χ0n) is 12.9. The third kappa shape index (κ3) is 4.49. The maximum absolute atomic E-state index is 12.1. The molecule has 11 heteroatoms. The zero-order chi connectivity index (χ0) is 18.8. The number of amides is 1. The highest BCUT2D eigenvalue weighted by Crippen LogP contribution is 2.32. The molecule has 136 valence electrons. The van der Waals surface area contributed by atoms with Gasteiger partial charge in [0.2, 0.25) is 0 Å². The molecule has 2 rings (SSSR count). The lowest BCUT2D eigenvalue weighted by atomic mass is 10.1. The number of aliphatic hydroxyl groups excluding tert-OH is 1. The van der Waals surface area contributed by atoms with Crippen LogP contribution in [0.25, 0.3) is 0 Å². The van der Waals surface area contributed by atoms with E-state index in [1.807, 2.05) is 4.98 Å². The summed E-state index contributed by atoms with van der Waals surface area (Å²) in [6.07, 6.45) is -7.06. The Hall–Kier alpha value is -2.58. The minimum atomic E-state index is -5.04. The Kier molecular flexibility index (Phi) is 5.34. The summed E-state index contributed by atoms with van der Waals surface area (Å²) < 4.78 is 41.6. The van der Waals surface area contributed by atoms with E-state index >= 15 is 0 Å². The summed E-state index contributed by atoms with van der Waals surface area (Å²) >= 11 is 0. The molecule has 3 unspecified atom stereocenters. The second-order valence-corrected chi connectivity index (χ2v) is 5.31. The number of alkyl halides is 3. The number of aromatic nitrogens is 2. The molecule has 0 aliphatic carbocycles. The van der Waals surface area contributed by atoms with Gasteiger partial charge in [-0.3, -0.25) is 14.6 Å². The maximum Gasteiger partial charge on any atom is 0.471 e. The maximum atomic E-state index is 12.1. The highest BCUT2D eigenvalue weighted by atomic mass is 19.4. The van der Waals surface area contributed by atoms with Crippen LogP contribution in [0.2, 0.25) is 0 Å². The molecule has 0 bridgehead atoms. The predicted octanol–water partition coefficient (Wildman–Crippen LogP) is -0.696. The van der Waals surface area contributed by atoms with Crippen molar-refractivity contribution in [3.63, 3.8) is 0 Å². The van der Waals surface area contributed by atoms with Gasteiger partial charge in [0.05, 0.1) is 24.4 Å². The van der Waals surface area contributed by atoms with Gasteiger partial charge >= 0.3 is 17.8 Å². The molecular weight excluding hydrogens is 347 g/mol. The van der Waals surface area contributed by atoms with Crippen molar-refractivity contribution in [3.05, 3.63) is 32.1 Å². The monoisotopic (exact) mass is 361 g/mol. The lowest BCUT2D eigenvalue weighted by molar-refractivity contribution is -0.173.